The first-order valence-electron chi connectivity index (χ1n) is 11.0. The van der Waals surface area contributed by atoms with Crippen molar-refractivity contribution in [1.29, 1.82) is 0 Å². The van der Waals surface area contributed by atoms with Crippen LogP contribution in [0.5, 0.6) is 0 Å². The molecule has 4 fully saturated rings. The van der Waals surface area contributed by atoms with Crippen molar-refractivity contribution in [1.82, 2.24) is 0 Å². The van der Waals surface area contributed by atoms with E-state index in [1.807, 2.05) is 0 Å². The molecule has 26 heavy (non-hydrogen) atoms. The summed E-state index contributed by atoms with van der Waals surface area (Å²) in [5.74, 6) is 3.51. The third kappa shape index (κ3) is 4.63. The van der Waals surface area contributed by atoms with Crippen LogP contribution in [-0.2, 0) is 18.9 Å². The molecule has 3 saturated carbocycles. The van der Waals surface area contributed by atoms with E-state index in [9.17, 15) is 0 Å². The Kier molecular flexibility index (Phi) is 5.95. The smallest absolute Gasteiger partial charge is 0.104 e. The molecule has 4 unspecified atom stereocenters. The summed E-state index contributed by atoms with van der Waals surface area (Å²) in [5, 5.41) is 0. The van der Waals surface area contributed by atoms with Crippen molar-refractivity contribution < 1.29 is 18.9 Å². The van der Waals surface area contributed by atoms with E-state index in [2.05, 4.69) is 27.7 Å². The van der Waals surface area contributed by atoms with E-state index in [0.29, 0.717) is 36.6 Å². The fourth-order valence-electron chi connectivity index (χ4n) is 5.66. The first-order chi connectivity index (χ1) is 12.5. The van der Waals surface area contributed by atoms with Crippen molar-refractivity contribution in [2.75, 3.05) is 13.2 Å². The summed E-state index contributed by atoms with van der Waals surface area (Å²) < 4.78 is 23.5. The molecule has 1 heterocycles. The van der Waals surface area contributed by atoms with E-state index in [4.69, 9.17) is 18.9 Å². The van der Waals surface area contributed by atoms with Gasteiger partial charge in [-0.3, -0.25) is 0 Å². The highest BCUT2D eigenvalue weighted by molar-refractivity contribution is 5.05. The van der Waals surface area contributed by atoms with E-state index < -0.39 is 0 Å². The van der Waals surface area contributed by atoms with Gasteiger partial charge in [0.1, 0.15) is 6.10 Å². The standard InChI is InChI=1S/C22H38O4/c1-13(2)24-17-7-16(8-17)5-14(3)25-18-9-21-20(22(21)10-18)6-15(4)26-19-11-23-12-19/h13-22H,5-12H2,1-4H3. The second kappa shape index (κ2) is 8.06. The molecule has 0 spiro atoms. The van der Waals surface area contributed by atoms with Crippen molar-refractivity contribution in [2.45, 2.75) is 103 Å². The lowest BCUT2D eigenvalue weighted by atomic mass is 9.79. The van der Waals surface area contributed by atoms with Gasteiger partial charge >= 0.3 is 0 Å². The van der Waals surface area contributed by atoms with Gasteiger partial charge in [0.2, 0.25) is 0 Å². The van der Waals surface area contributed by atoms with Crippen LogP contribution in [0.25, 0.3) is 0 Å². The van der Waals surface area contributed by atoms with Crippen molar-refractivity contribution >= 4 is 0 Å². The number of hydrogen-bond donors (Lipinski definition) is 0. The second-order valence-corrected chi connectivity index (χ2v) is 9.75. The quantitative estimate of drug-likeness (QED) is 0.580. The van der Waals surface area contributed by atoms with E-state index in [0.717, 1.165) is 36.9 Å². The molecule has 4 heteroatoms. The molecule has 4 aliphatic rings. The van der Waals surface area contributed by atoms with Crippen molar-refractivity contribution in [3.8, 4) is 0 Å². The molecule has 0 aromatic carbocycles. The maximum absolute atomic E-state index is 6.39. The number of ether oxygens (including phenoxy) is 4. The fraction of sp³-hybridized carbons (Fsp3) is 1.00. The zero-order valence-electron chi connectivity index (χ0n) is 17.1. The lowest BCUT2D eigenvalue weighted by Crippen LogP contribution is -2.38. The monoisotopic (exact) mass is 366 g/mol. The zero-order chi connectivity index (χ0) is 18.3. The third-order valence-corrected chi connectivity index (χ3v) is 6.96. The molecule has 0 bridgehead atoms. The van der Waals surface area contributed by atoms with E-state index in [1.165, 1.54) is 38.5 Å². The minimum atomic E-state index is 0.359. The predicted molar refractivity (Wildman–Crippen MR) is 101 cm³/mol. The van der Waals surface area contributed by atoms with Crippen LogP contribution in [0.3, 0.4) is 0 Å². The Morgan fingerprint density at radius 2 is 1.31 bits per heavy atom. The van der Waals surface area contributed by atoms with Crippen LogP contribution in [0.4, 0.5) is 0 Å². The fourth-order valence-corrected chi connectivity index (χ4v) is 5.66. The minimum Gasteiger partial charge on any atom is -0.376 e. The van der Waals surface area contributed by atoms with Crippen LogP contribution < -0.4 is 0 Å². The largest absolute Gasteiger partial charge is 0.376 e. The molecule has 1 aliphatic heterocycles. The summed E-state index contributed by atoms with van der Waals surface area (Å²) in [5.41, 5.74) is 0. The molecule has 4 atom stereocenters. The van der Waals surface area contributed by atoms with E-state index >= 15 is 0 Å². The van der Waals surface area contributed by atoms with Crippen molar-refractivity contribution in [3.05, 3.63) is 0 Å². The molecule has 150 valence electrons. The summed E-state index contributed by atoms with van der Waals surface area (Å²) in [4.78, 5) is 0. The molecule has 1 saturated heterocycles. The molecule has 4 nitrogen and oxygen atoms in total. The Morgan fingerprint density at radius 1 is 0.731 bits per heavy atom. The summed E-state index contributed by atoms with van der Waals surface area (Å²) >= 11 is 0. The van der Waals surface area contributed by atoms with Gasteiger partial charge in [0.05, 0.1) is 43.7 Å². The maximum Gasteiger partial charge on any atom is 0.104 e. The topological polar surface area (TPSA) is 36.9 Å². The number of hydrogen-bond acceptors (Lipinski definition) is 4. The van der Waals surface area contributed by atoms with Crippen molar-refractivity contribution in [3.63, 3.8) is 0 Å². The highest BCUT2D eigenvalue weighted by Gasteiger charge is 2.56. The van der Waals surface area contributed by atoms with Crippen LogP contribution in [0.15, 0.2) is 0 Å². The van der Waals surface area contributed by atoms with Crippen LogP contribution in [-0.4, -0.2) is 49.8 Å². The molecule has 0 amide bonds. The summed E-state index contributed by atoms with van der Waals surface area (Å²) in [6.45, 7) is 10.4. The normalized spacial score (nSPS) is 41.4. The number of fused-ring (bicyclic) bond motifs is 1. The molecule has 0 radical (unpaired) electrons. The molecule has 0 aromatic rings. The zero-order valence-corrected chi connectivity index (χ0v) is 17.1. The SMILES string of the molecule is CC(C)OC1CC(CC(C)OC2CC3C(CC(C)OC4COC4)C3C2)C1. The van der Waals surface area contributed by atoms with Gasteiger partial charge in [0, 0.05) is 0 Å². The lowest BCUT2D eigenvalue weighted by molar-refractivity contribution is -0.153. The van der Waals surface area contributed by atoms with Gasteiger partial charge in [0.25, 0.3) is 0 Å². The van der Waals surface area contributed by atoms with Gasteiger partial charge in [-0.05, 0) is 89.9 Å². The minimum absolute atomic E-state index is 0.359. The highest BCUT2D eigenvalue weighted by atomic mass is 16.6. The Labute approximate surface area is 159 Å². The van der Waals surface area contributed by atoms with Gasteiger partial charge in [-0.15, -0.1) is 0 Å². The van der Waals surface area contributed by atoms with Gasteiger partial charge in [-0.2, -0.15) is 0 Å². The summed E-state index contributed by atoms with van der Waals surface area (Å²) in [7, 11) is 0. The average Bonchev–Trinajstić information content (AvgIpc) is 2.92. The van der Waals surface area contributed by atoms with E-state index in [-0.39, 0.29) is 0 Å². The second-order valence-electron chi connectivity index (χ2n) is 9.75. The Hall–Kier alpha value is -0.160. The molecule has 4 rings (SSSR count). The van der Waals surface area contributed by atoms with Gasteiger partial charge in [0.15, 0.2) is 0 Å². The Bertz CT molecular complexity index is 445. The first kappa shape index (κ1) is 19.2. The van der Waals surface area contributed by atoms with Gasteiger partial charge in [-0.25, -0.2) is 0 Å². The Balaban J connectivity index is 1.08. The van der Waals surface area contributed by atoms with Gasteiger partial charge < -0.3 is 18.9 Å². The predicted octanol–water partition coefficient (Wildman–Crippen LogP) is 4.20. The summed E-state index contributed by atoms with van der Waals surface area (Å²) in [6.07, 6.45) is 9.99. The molecular weight excluding hydrogens is 328 g/mol. The average molecular weight is 367 g/mol. The molecule has 0 aromatic heterocycles. The molecular formula is C22H38O4. The molecule has 0 N–H and O–H groups in total. The van der Waals surface area contributed by atoms with Crippen LogP contribution in [0.2, 0.25) is 0 Å². The number of rotatable bonds is 10. The third-order valence-electron chi connectivity index (χ3n) is 6.96. The van der Waals surface area contributed by atoms with Gasteiger partial charge in [-0.1, -0.05) is 0 Å². The first-order valence-corrected chi connectivity index (χ1v) is 11.0. The maximum atomic E-state index is 6.39. The van der Waals surface area contributed by atoms with Crippen LogP contribution in [0.1, 0.15) is 66.2 Å². The van der Waals surface area contributed by atoms with E-state index in [1.54, 1.807) is 0 Å². The molecule has 3 aliphatic carbocycles. The van der Waals surface area contributed by atoms with Crippen LogP contribution in [0, 0.1) is 23.7 Å². The highest BCUT2D eigenvalue weighted by Crippen LogP contribution is 2.60. The summed E-state index contributed by atoms with van der Waals surface area (Å²) in [6, 6.07) is 0. The Morgan fingerprint density at radius 3 is 1.88 bits per heavy atom. The van der Waals surface area contributed by atoms with Crippen molar-refractivity contribution in [2.24, 2.45) is 23.7 Å². The van der Waals surface area contributed by atoms with Crippen LogP contribution >= 0.6 is 0 Å². The lowest BCUT2D eigenvalue weighted by Gasteiger charge is -2.38.